The van der Waals surface area contributed by atoms with Crippen molar-refractivity contribution in [2.45, 2.75) is 27.2 Å². The molecule has 2 heteroatoms. The summed E-state index contributed by atoms with van der Waals surface area (Å²) >= 11 is 0. The van der Waals surface area contributed by atoms with Crippen LogP contribution in [0.2, 0.25) is 0 Å². The molecule has 1 aliphatic rings. The molecule has 1 N–H and O–H groups in total. The molecule has 0 saturated heterocycles. The maximum absolute atomic E-state index is 4.56. The van der Waals surface area contributed by atoms with Crippen LogP contribution in [0.4, 0.5) is 0 Å². The van der Waals surface area contributed by atoms with E-state index in [-0.39, 0.29) is 0 Å². The van der Waals surface area contributed by atoms with E-state index in [1.807, 2.05) is 0 Å². The molecule has 0 aromatic heterocycles. The zero-order valence-corrected chi connectivity index (χ0v) is 9.72. The van der Waals surface area contributed by atoms with E-state index < -0.39 is 0 Å². The van der Waals surface area contributed by atoms with Crippen LogP contribution in [0.3, 0.4) is 0 Å². The van der Waals surface area contributed by atoms with Crippen molar-refractivity contribution >= 4 is 5.84 Å². The van der Waals surface area contributed by atoms with E-state index in [4.69, 9.17) is 0 Å². The number of hydrogen-bond donors (Lipinski definition) is 1. The summed E-state index contributed by atoms with van der Waals surface area (Å²) in [5, 5.41) is 3.39. The van der Waals surface area contributed by atoms with Crippen molar-refractivity contribution in [2.75, 3.05) is 13.1 Å². The molecule has 0 unspecified atom stereocenters. The Balaban J connectivity index is 2.47. The van der Waals surface area contributed by atoms with E-state index in [0.717, 1.165) is 25.3 Å². The minimum Gasteiger partial charge on any atom is -0.370 e. The van der Waals surface area contributed by atoms with Gasteiger partial charge in [-0.1, -0.05) is 17.7 Å². The quantitative estimate of drug-likeness (QED) is 0.742. The summed E-state index contributed by atoms with van der Waals surface area (Å²) in [6, 6.07) is 4.45. The summed E-state index contributed by atoms with van der Waals surface area (Å²) in [4.78, 5) is 4.56. The van der Waals surface area contributed by atoms with Gasteiger partial charge in [-0.25, -0.2) is 0 Å². The van der Waals surface area contributed by atoms with Gasteiger partial charge in [-0.2, -0.15) is 0 Å². The third-order valence-electron chi connectivity index (χ3n) is 2.81. The van der Waals surface area contributed by atoms with Crippen LogP contribution in [0.1, 0.15) is 28.7 Å². The normalized spacial score (nSPS) is 15.8. The first-order valence-corrected chi connectivity index (χ1v) is 5.55. The molecule has 1 aromatic rings. The fourth-order valence-corrected chi connectivity index (χ4v) is 2.25. The maximum Gasteiger partial charge on any atom is 0.128 e. The standard InChI is InChI=1S/C13H18N2/c1-9-7-10(2)12(11(3)8-9)13-14-5-4-6-15-13/h7-8H,4-6H2,1-3H3,(H,14,15). The maximum atomic E-state index is 4.56. The molecule has 80 valence electrons. The number of benzene rings is 1. The van der Waals surface area contributed by atoms with Crippen LogP contribution < -0.4 is 5.32 Å². The van der Waals surface area contributed by atoms with Gasteiger partial charge in [0.1, 0.15) is 5.84 Å². The lowest BCUT2D eigenvalue weighted by Gasteiger charge is -2.18. The van der Waals surface area contributed by atoms with Gasteiger partial charge in [-0.05, 0) is 38.3 Å². The fourth-order valence-electron chi connectivity index (χ4n) is 2.25. The number of aliphatic imine (C=N–C) groups is 1. The minimum absolute atomic E-state index is 0.953. The predicted octanol–water partition coefficient (Wildman–Crippen LogP) is 2.35. The van der Waals surface area contributed by atoms with Gasteiger partial charge in [0.15, 0.2) is 0 Å². The lowest BCUT2D eigenvalue weighted by atomic mass is 9.98. The summed E-state index contributed by atoms with van der Waals surface area (Å²) in [6.07, 6.45) is 1.15. The molecule has 1 aromatic carbocycles. The first kappa shape index (κ1) is 10.2. The average molecular weight is 202 g/mol. The Kier molecular flexibility index (Phi) is 2.76. The Bertz CT molecular complexity index is 382. The van der Waals surface area contributed by atoms with Crippen molar-refractivity contribution in [2.24, 2.45) is 4.99 Å². The molecule has 0 amide bonds. The van der Waals surface area contributed by atoms with Crippen molar-refractivity contribution in [3.05, 3.63) is 34.4 Å². The van der Waals surface area contributed by atoms with E-state index >= 15 is 0 Å². The number of hydrogen-bond acceptors (Lipinski definition) is 2. The monoisotopic (exact) mass is 202 g/mol. The second-order valence-corrected chi connectivity index (χ2v) is 4.28. The van der Waals surface area contributed by atoms with E-state index in [9.17, 15) is 0 Å². The molecule has 0 spiro atoms. The summed E-state index contributed by atoms with van der Waals surface area (Å²) in [5.74, 6) is 1.08. The average Bonchev–Trinajstić information content (AvgIpc) is 2.17. The summed E-state index contributed by atoms with van der Waals surface area (Å²) in [6.45, 7) is 8.46. The van der Waals surface area contributed by atoms with Gasteiger partial charge in [0.25, 0.3) is 0 Å². The highest BCUT2D eigenvalue weighted by atomic mass is 15.0. The summed E-state index contributed by atoms with van der Waals surface area (Å²) < 4.78 is 0. The van der Waals surface area contributed by atoms with Crippen LogP contribution in [0.15, 0.2) is 17.1 Å². The van der Waals surface area contributed by atoms with E-state index in [1.54, 1.807) is 0 Å². The predicted molar refractivity (Wildman–Crippen MR) is 64.7 cm³/mol. The highest BCUT2D eigenvalue weighted by Gasteiger charge is 2.12. The van der Waals surface area contributed by atoms with Crippen molar-refractivity contribution in [3.63, 3.8) is 0 Å². The fraction of sp³-hybridized carbons (Fsp3) is 0.462. The lowest BCUT2D eigenvalue weighted by Crippen LogP contribution is -2.31. The zero-order chi connectivity index (χ0) is 10.8. The smallest absolute Gasteiger partial charge is 0.128 e. The van der Waals surface area contributed by atoms with Crippen LogP contribution in [-0.2, 0) is 0 Å². The molecule has 2 rings (SSSR count). The molecule has 0 radical (unpaired) electrons. The van der Waals surface area contributed by atoms with Gasteiger partial charge in [-0.15, -0.1) is 0 Å². The molecule has 0 saturated carbocycles. The van der Waals surface area contributed by atoms with Crippen LogP contribution in [-0.4, -0.2) is 18.9 Å². The molecule has 0 bridgehead atoms. The Morgan fingerprint density at radius 2 is 1.80 bits per heavy atom. The first-order valence-electron chi connectivity index (χ1n) is 5.55. The van der Waals surface area contributed by atoms with Crippen LogP contribution in [0, 0.1) is 20.8 Å². The summed E-state index contributed by atoms with van der Waals surface area (Å²) in [7, 11) is 0. The highest BCUT2D eigenvalue weighted by molar-refractivity contribution is 6.01. The minimum atomic E-state index is 0.953. The van der Waals surface area contributed by atoms with Gasteiger partial charge in [0.2, 0.25) is 0 Å². The Labute approximate surface area is 91.4 Å². The summed E-state index contributed by atoms with van der Waals surface area (Å²) in [5.41, 5.74) is 5.26. The molecule has 2 nitrogen and oxygen atoms in total. The van der Waals surface area contributed by atoms with E-state index in [2.05, 4.69) is 43.2 Å². The van der Waals surface area contributed by atoms with E-state index in [1.165, 1.54) is 22.3 Å². The van der Waals surface area contributed by atoms with Crippen molar-refractivity contribution in [3.8, 4) is 0 Å². The number of rotatable bonds is 1. The molecule has 1 aliphatic heterocycles. The third-order valence-corrected chi connectivity index (χ3v) is 2.81. The van der Waals surface area contributed by atoms with E-state index in [0.29, 0.717) is 0 Å². The van der Waals surface area contributed by atoms with Crippen LogP contribution in [0.5, 0.6) is 0 Å². The molecule has 0 fully saturated rings. The van der Waals surface area contributed by atoms with Crippen LogP contribution in [0.25, 0.3) is 0 Å². The van der Waals surface area contributed by atoms with Gasteiger partial charge in [0, 0.05) is 18.7 Å². The zero-order valence-electron chi connectivity index (χ0n) is 9.72. The molecule has 1 heterocycles. The molecule has 15 heavy (non-hydrogen) atoms. The number of amidine groups is 1. The van der Waals surface area contributed by atoms with Gasteiger partial charge >= 0.3 is 0 Å². The van der Waals surface area contributed by atoms with Gasteiger partial charge in [0.05, 0.1) is 0 Å². The number of nitrogens with zero attached hydrogens (tertiary/aromatic N) is 1. The second-order valence-electron chi connectivity index (χ2n) is 4.28. The Morgan fingerprint density at radius 3 is 2.33 bits per heavy atom. The first-order chi connectivity index (χ1) is 7.18. The topological polar surface area (TPSA) is 24.4 Å². The molecular weight excluding hydrogens is 184 g/mol. The molecular formula is C13H18N2. The van der Waals surface area contributed by atoms with Crippen molar-refractivity contribution < 1.29 is 0 Å². The Morgan fingerprint density at radius 1 is 1.13 bits per heavy atom. The second kappa shape index (κ2) is 4.05. The van der Waals surface area contributed by atoms with Gasteiger partial charge in [-0.3, -0.25) is 4.99 Å². The lowest BCUT2D eigenvalue weighted by molar-refractivity contribution is 0.741. The van der Waals surface area contributed by atoms with Crippen molar-refractivity contribution in [1.29, 1.82) is 0 Å². The number of aryl methyl sites for hydroxylation is 3. The Hall–Kier alpha value is -1.31. The molecule has 0 atom stereocenters. The van der Waals surface area contributed by atoms with Gasteiger partial charge < -0.3 is 5.32 Å². The SMILES string of the molecule is Cc1cc(C)c(C2=NCCCN2)c(C)c1. The van der Waals surface area contributed by atoms with Crippen LogP contribution >= 0.6 is 0 Å². The number of nitrogens with one attached hydrogen (secondary N) is 1. The third kappa shape index (κ3) is 2.04. The molecule has 0 aliphatic carbocycles. The largest absolute Gasteiger partial charge is 0.370 e. The highest BCUT2D eigenvalue weighted by Crippen LogP contribution is 2.17. The van der Waals surface area contributed by atoms with Crippen molar-refractivity contribution in [1.82, 2.24) is 5.32 Å².